The van der Waals surface area contributed by atoms with Gasteiger partial charge in [-0.15, -0.1) is 0 Å². The molecule has 2 rings (SSSR count). The highest BCUT2D eigenvalue weighted by molar-refractivity contribution is 5.94. The molecule has 0 aliphatic heterocycles. The Labute approximate surface area is 127 Å². The van der Waals surface area contributed by atoms with E-state index >= 15 is 0 Å². The molecule has 2 amide bonds. The molecule has 0 aliphatic carbocycles. The van der Waals surface area contributed by atoms with Gasteiger partial charge in [-0.3, -0.25) is 9.59 Å². The normalized spacial score (nSPS) is 11.7. The van der Waals surface area contributed by atoms with E-state index in [0.29, 0.717) is 11.4 Å². The number of ether oxygens (including phenoxy) is 1. The van der Waals surface area contributed by atoms with Crippen LogP contribution in [0.1, 0.15) is 13.0 Å². The second-order valence-electron chi connectivity index (χ2n) is 4.60. The highest BCUT2D eigenvalue weighted by atomic mass is 16.5. The van der Waals surface area contributed by atoms with E-state index in [1.54, 1.807) is 31.2 Å². The van der Waals surface area contributed by atoms with Crippen molar-refractivity contribution in [1.82, 2.24) is 14.8 Å². The Morgan fingerprint density at radius 3 is 2.41 bits per heavy atom. The van der Waals surface area contributed by atoms with Gasteiger partial charge in [0, 0.05) is 18.5 Å². The van der Waals surface area contributed by atoms with Crippen molar-refractivity contribution < 1.29 is 14.3 Å². The predicted molar refractivity (Wildman–Crippen MR) is 80.3 cm³/mol. The maximum Gasteiger partial charge on any atom is 0.250 e. The van der Waals surface area contributed by atoms with Gasteiger partial charge in [0.2, 0.25) is 11.8 Å². The fraction of sp³-hybridized carbons (Fsp3) is 0.286. The van der Waals surface area contributed by atoms with Crippen molar-refractivity contribution in [3.8, 4) is 0 Å². The van der Waals surface area contributed by atoms with Gasteiger partial charge in [0.1, 0.15) is 25.3 Å². The summed E-state index contributed by atoms with van der Waals surface area (Å²) in [6.07, 6.45) is 2.86. The van der Waals surface area contributed by atoms with Crippen LogP contribution in [0.3, 0.4) is 0 Å². The van der Waals surface area contributed by atoms with Crippen LogP contribution in [0.4, 0.5) is 11.4 Å². The molecule has 0 fully saturated rings. The second kappa shape index (κ2) is 7.32. The number of aromatic nitrogens is 3. The molecule has 2 aromatic rings. The Hall–Kier alpha value is -2.74. The summed E-state index contributed by atoms with van der Waals surface area (Å²) in [5.41, 5.74) is 1.26. The van der Waals surface area contributed by atoms with Crippen LogP contribution in [0.5, 0.6) is 0 Å². The summed E-state index contributed by atoms with van der Waals surface area (Å²) in [6.45, 7) is 1.72. The lowest BCUT2D eigenvalue weighted by atomic mass is 10.2. The molecule has 8 heteroatoms. The van der Waals surface area contributed by atoms with Gasteiger partial charge in [-0.1, -0.05) is 0 Å². The Morgan fingerprint density at radius 2 is 1.86 bits per heavy atom. The molecule has 0 saturated carbocycles. The molecule has 0 radical (unpaired) electrons. The standard InChI is InChI=1S/C14H17N5O3/c1-10(19-9-15-8-16-19)14(21)18-12-5-3-11(4-6-12)17-13(20)7-22-2/h3-6,8-10H,7H2,1-2H3,(H,17,20)(H,18,21). The minimum absolute atomic E-state index is 0.00604. The van der Waals surface area contributed by atoms with Crippen LogP contribution in [0.2, 0.25) is 0 Å². The predicted octanol–water partition coefficient (Wildman–Crippen LogP) is 1.06. The van der Waals surface area contributed by atoms with Crippen molar-refractivity contribution in [2.75, 3.05) is 24.4 Å². The summed E-state index contributed by atoms with van der Waals surface area (Å²) in [4.78, 5) is 27.3. The van der Waals surface area contributed by atoms with Crippen molar-refractivity contribution in [1.29, 1.82) is 0 Å². The number of benzene rings is 1. The first-order chi connectivity index (χ1) is 10.6. The lowest BCUT2D eigenvalue weighted by Gasteiger charge is -2.12. The number of rotatable bonds is 6. The molecule has 2 N–H and O–H groups in total. The molecule has 8 nitrogen and oxygen atoms in total. The fourth-order valence-electron chi connectivity index (χ4n) is 1.75. The van der Waals surface area contributed by atoms with E-state index in [1.165, 1.54) is 24.4 Å². The van der Waals surface area contributed by atoms with E-state index < -0.39 is 6.04 Å². The van der Waals surface area contributed by atoms with Crippen LogP contribution in [0.25, 0.3) is 0 Å². The minimum Gasteiger partial charge on any atom is -0.375 e. The van der Waals surface area contributed by atoms with Crippen LogP contribution >= 0.6 is 0 Å². The Balaban J connectivity index is 1.93. The summed E-state index contributed by atoms with van der Waals surface area (Å²) in [5, 5.41) is 9.37. The van der Waals surface area contributed by atoms with Gasteiger partial charge in [-0.25, -0.2) is 9.67 Å². The molecule has 0 bridgehead atoms. The van der Waals surface area contributed by atoms with E-state index in [9.17, 15) is 9.59 Å². The first-order valence-corrected chi connectivity index (χ1v) is 6.64. The number of nitrogens with zero attached hydrogens (tertiary/aromatic N) is 3. The highest BCUT2D eigenvalue weighted by Gasteiger charge is 2.15. The van der Waals surface area contributed by atoms with Crippen molar-refractivity contribution in [2.24, 2.45) is 0 Å². The lowest BCUT2D eigenvalue weighted by Crippen LogP contribution is -2.24. The molecule has 0 saturated heterocycles. The molecule has 1 atom stereocenters. The summed E-state index contributed by atoms with van der Waals surface area (Å²) < 4.78 is 6.20. The molecule has 1 aromatic carbocycles. The maximum atomic E-state index is 12.1. The average Bonchev–Trinajstić information content (AvgIpc) is 3.03. The molecule has 0 spiro atoms. The van der Waals surface area contributed by atoms with Crippen molar-refractivity contribution in [3.63, 3.8) is 0 Å². The van der Waals surface area contributed by atoms with E-state index in [-0.39, 0.29) is 18.4 Å². The summed E-state index contributed by atoms with van der Waals surface area (Å²) in [5.74, 6) is -0.444. The monoisotopic (exact) mass is 303 g/mol. The quantitative estimate of drug-likeness (QED) is 0.831. The summed E-state index contributed by atoms with van der Waals surface area (Å²) in [7, 11) is 1.45. The molecule has 22 heavy (non-hydrogen) atoms. The zero-order chi connectivity index (χ0) is 15.9. The lowest BCUT2D eigenvalue weighted by molar-refractivity contribution is -0.120. The maximum absolute atomic E-state index is 12.1. The van der Waals surface area contributed by atoms with Crippen molar-refractivity contribution in [3.05, 3.63) is 36.9 Å². The van der Waals surface area contributed by atoms with Gasteiger partial charge in [0.15, 0.2) is 0 Å². The largest absolute Gasteiger partial charge is 0.375 e. The third kappa shape index (κ3) is 4.13. The van der Waals surface area contributed by atoms with E-state index in [1.807, 2.05) is 0 Å². The van der Waals surface area contributed by atoms with Crippen molar-refractivity contribution >= 4 is 23.2 Å². The molecular weight excluding hydrogens is 286 g/mol. The van der Waals surface area contributed by atoms with E-state index in [2.05, 4.69) is 20.7 Å². The van der Waals surface area contributed by atoms with E-state index in [0.717, 1.165) is 0 Å². The minimum atomic E-state index is -0.469. The number of hydrogen-bond donors (Lipinski definition) is 2. The number of carbonyl (C=O) groups is 2. The number of anilines is 2. The molecular formula is C14H17N5O3. The van der Waals surface area contributed by atoms with Crippen LogP contribution < -0.4 is 10.6 Å². The van der Waals surface area contributed by atoms with Crippen molar-refractivity contribution in [2.45, 2.75) is 13.0 Å². The zero-order valence-corrected chi connectivity index (χ0v) is 12.3. The van der Waals surface area contributed by atoms with Crippen LogP contribution in [0, 0.1) is 0 Å². The Bertz CT molecular complexity index is 624. The van der Waals surface area contributed by atoms with Crippen LogP contribution in [-0.4, -0.2) is 40.3 Å². The number of methoxy groups -OCH3 is 1. The highest BCUT2D eigenvalue weighted by Crippen LogP contribution is 2.15. The second-order valence-corrected chi connectivity index (χ2v) is 4.60. The first kappa shape index (κ1) is 15.6. The molecule has 1 aromatic heterocycles. The average molecular weight is 303 g/mol. The number of hydrogen-bond acceptors (Lipinski definition) is 5. The van der Waals surface area contributed by atoms with Gasteiger partial charge < -0.3 is 15.4 Å². The third-order valence-electron chi connectivity index (χ3n) is 2.92. The van der Waals surface area contributed by atoms with Gasteiger partial charge in [-0.05, 0) is 31.2 Å². The molecule has 116 valence electrons. The third-order valence-corrected chi connectivity index (χ3v) is 2.92. The van der Waals surface area contributed by atoms with Gasteiger partial charge in [0.05, 0.1) is 0 Å². The van der Waals surface area contributed by atoms with Crippen LogP contribution in [-0.2, 0) is 14.3 Å². The molecule has 1 heterocycles. The fourth-order valence-corrected chi connectivity index (χ4v) is 1.75. The Kier molecular flexibility index (Phi) is 5.21. The SMILES string of the molecule is COCC(=O)Nc1ccc(NC(=O)C(C)n2cncn2)cc1. The van der Waals surface area contributed by atoms with Crippen LogP contribution in [0.15, 0.2) is 36.9 Å². The van der Waals surface area contributed by atoms with Gasteiger partial charge in [-0.2, -0.15) is 5.10 Å². The smallest absolute Gasteiger partial charge is 0.250 e. The summed E-state index contributed by atoms with van der Waals surface area (Å²) >= 11 is 0. The first-order valence-electron chi connectivity index (χ1n) is 6.64. The number of carbonyl (C=O) groups excluding carboxylic acids is 2. The topological polar surface area (TPSA) is 98.1 Å². The zero-order valence-electron chi connectivity index (χ0n) is 12.3. The number of amides is 2. The van der Waals surface area contributed by atoms with E-state index in [4.69, 9.17) is 4.74 Å². The molecule has 1 unspecified atom stereocenters. The summed E-state index contributed by atoms with van der Waals surface area (Å²) in [6, 6.07) is 6.33. The Morgan fingerprint density at radius 1 is 1.23 bits per heavy atom. The van der Waals surface area contributed by atoms with Gasteiger partial charge in [0.25, 0.3) is 0 Å². The van der Waals surface area contributed by atoms with Gasteiger partial charge >= 0.3 is 0 Å². The molecule has 0 aliphatic rings. The number of nitrogens with one attached hydrogen (secondary N) is 2.